The fourth-order valence-electron chi connectivity index (χ4n) is 2.15. The van der Waals surface area contributed by atoms with Gasteiger partial charge in [0.05, 0.1) is 0 Å². The minimum Gasteiger partial charge on any atom is -0.489 e. The van der Waals surface area contributed by atoms with Gasteiger partial charge in [-0.05, 0) is 51.7 Å². The molecule has 0 saturated heterocycles. The highest BCUT2D eigenvalue weighted by molar-refractivity contribution is 7.08. The van der Waals surface area contributed by atoms with Crippen LogP contribution in [-0.4, -0.2) is 6.29 Å². The van der Waals surface area contributed by atoms with E-state index in [2.05, 4.69) is 0 Å². The minimum absolute atomic E-state index is 0.497. The third-order valence-electron chi connectivity index (χ3n) is 3.23. The van der Waals surface area contributed by atoms with Crippen LogP contribution in [0.15, 0.2) is 65.4 Å². The van der Waals surface area contributed by atoms with Crippen LogP contribution in [0.2, 0.25) is 0 Å². The van der Waals surface area contributed by atoms with Crippen molar-refractivity contribution in [2.75, 3.05) is 0 Å². The van der Waals surface area contributed by atoms with Gasteiger partial charge in [-0.2, -0.15) is 11.3 Å². The Morgan fingerprint density at radius 2 is 1.90 bits per heavy atom. The zero-order valence-corrected chi connectivity index (χ0v) is 12.2. The molecule has 104 valence electrons. The van der Waals surface area contributed by atoms with Gasteiger partial charge < -0.3 is 4.74 Å². The third kappa shape index (κ3) is 3.20. The van der Waals surface area contributed by atoms with Gasteiger partial charge in [0.15, 0.2) is 6.29 Å². The Morgan fingerprint density at radius 1 is 1.05 bits per heavy atom. The van der Waals surface area contributed by atoms with E-state index in [4.69, 9.17) is 4.74 Å². The van der Waals surface area contributed by atoms with Gasteiger partial charge in [-0.3, -0.25) is 4.79 Å². The van der Waals surface area contributed by atoms with Gasteiger partial charge >= 0.3 is 0 Å². The number of ether oxygens (including phenoxy) is 1. The summed E-state index contributed by atoms with van der Waals surface area (Å²) in [5.74, 6) is 0.708. The smallest absolute Gasteiger partial charge is 0.150 e. The number of aldehydes is 1. The fourth-order valence-corrected chi connectivity index (χ4v) is 2.81. The van der Waals surface area contributed by atoms with E-state index in [1.807, 2.05) is 59.3 Å². The van der Waals surface area contributed by atoms with Crippen LogP contribution in [0, 0.1) is 0 Å². The third-order valence-corrected chi connectivity index (χ3v) is 3.91. The van der Waals surface area contributed by atoms with Gasteiger partial charge in [0.1, 0.15) is 12.4 Å². The summed E-state index contributed by atoms with van der Waals surface area (Å²) in [4.78, 5) is 11.3. The topological polar surface area (TPSA) is 26.3 Å². The van der Waals surface area contributed by atoms with E-state index < -0.39 is 0 Å². The molecule has 21 heavy (non-hydrogen) atoms. The Morgan fingerprint density at radius 3 is 2.62 bits per heavy atom. The molecule has 0 aliphatic rings. The van der Waals surface area contributed by atoms with Crippen molar-refractivity contribution in [2.45, 2.75) is 6.61 Å². The van der Waals surface area contributed by atoms with Gasteiger partial charge in [-0.15, -0.1) is 0 Å². The number of hydrogen-bond donors (Lipinski definition) is 0. The predicted molar refractivity (Wildman–Crippen MR) is 85.9 cm³/mol. The van der Waals surface area contributed by atoms with Crippen LogP contribution in [0.5, 0.6) is 5.75 Å². The Labute approximate surface area is 127 Å². The first-order valence-corrected chi connectivity index (χ1v) is 7.59. The standard InChI is InChI=1S/C18H14O2S/c19-11-16-10-17(20-12-14-4-2-1-3-5-14)6-7-18(16)15-8-9-21-13-15/h1-11,13H,12H2. The lowest BCUT2D eigenvalue weighted by molar-refractivity contribution is 0.112. The van der Waals surface area contributed by atoms with E-state index in [9.17, 15) is 4.79 Å². The van der Waals surface area contributed by atoms with Gasteiger partial charge in [-0.1, -0.05) is 30.3 Å². The Kier molecular flexibility index (Phi) is 4.12. The van der Waals surface area contributed by atoms with E-state index in [-0.39, 0.29) is 0 Å². The molecule has 0 N–H and O–H groups in total. The van der Waals surface area contributed by atoms with E-state index in [1.54, 1.807) is 17.4 Å². The molecular weight excluding hydrogens is 280 g/mol. The molecule has 0 unspecified atom stereocenters. The molecular formula is C18H14O2S. The van der Waals surface area contributed by atoms with E-state index >= 15 is 0 Å². The van der Waals surface area contributed by atoms with Gasteiger partial charge in [0.25, 0.3) is 0 Å². The minimum atomic E-state index is 0.497. The van der Waals surface area contributed by atoms with E-state index in [1.165, 1.54) is 0 Å². The fraction of sp³-hybridized carbons (Fsp3) is 0.0556. The summed E-state index contributed by atoms with van der Waals surface area (Å²) in [6, 6.07) is 17.6. The quantitative estimate of drug-likeness (QED) is 0.631. The van der Waals surface area contributed by atoms with Crippen molar-refractivity contribution >= 4 is 17.6 Å². The second kappa shape index (κ2) is 6.37. The van der Waals surface area contributed by atoms with Crippen molar-refractivity contribution < 1.29 is 9.53 Å². The molecule has 3 aromatic rings. The predicted octanol–water partition coefficient (Wildman–Crippen LogP) is 4.81. The molecule has 0 bridgehead atoms. The number of rotatable bonds is 5. The lowest BCUT2D eigenvalue weighted by Gasteiger charge is -2.09. The Hall–Kier alpha value is -2.39. The largest absolute Gasteiger partial charge is 0.489 e. The summed E-state index contributed by atoms with van der Waals surface area (Å²) in [7, 11) is 0. The molecule has 1 heterocycles. The Bertz CT molecular complexity index is 718. The normalized spacial score (nSPS) is 10.3. The summed E-state index contributed by atoms with van der Waals surface area (Å²) in [6.45, 7) is 0.497. The number of hydrogen-bond acceptors (Lipinski definition) is 3. The second-order valence-electron chi connectivity index (χ2n) is 4.65. The molecule has 0 atom stereocenters. The summed E-state index contributed by atoms with van der Waals surface area (Å²) in [5.41, 5.74) is 3.76. The summed E-state index contributed by atoms with van der Waals surface area (Å²) < 4.78 is 5.75. The van der Waals surface area contributed by atoms with E-state index in [0.717, 1.165) is 23.0 Å². The van der Waals surface area contributed by atoms with Crippen molar-refractivity contribution in [3.8, 4) is 16.9 Å². The molecule has 3 rings (SSSR count). The van der Waals surface area contributed by atoms with Crippen molar-refractivity contribution in [2.24, 2.45) is 0 Å². The van der Waals surface area contributed by atoms with Crippen LogP contribution >= 0.6 is 11.3 Å². The van der Waals surface area contributed by atoms with E-state index in [0.29, 0.717) is 17.9 Å². The average Bonchev–Trinajstić information content (AvgIpc) is 3.08. The molecule has 0 aliphatic carbocycles. The molecule has 3 heteroatoms. The molecule has 0 amide bonds. The molecule has 0 aliphatic heterocycles. The highest BCUT2D eigenvalue weighted by atomic mass is 32.1. The van der Waals surface area contributed by atoms with Crippen LogP contribution in [0.1, 0.15) is 15.9 Å². The summed E-state index contributed by atoms with van der Waals surface area (Å²) in [5, 5.41) is 4.04. The number of benzene rings is 2. The second-order valence-corrected chi connectivity index (χ2v) is 5.43. The highest BCUT2D eigenvalue weighted by Gasteiger charge is 2.07. The van der Waals surface area contributed by atoms with Crippen molar-refractivity contribution in [3.05, 3.63) is 76.5 Å². The highest BCUT2D eigenvalue weighted by Crippen LogP contribution is 2.28. The zero-order valence-electron chi connectivity index (χ0n) is 11.4. The van der Waals surface area contributed by atoms with Crippen LogP contribution < -0.4 is 4.74 Å². The van der Waals surface area contributed by atoms with Crippen molar-refractivity contribution in [1.82, 2.24) is 0 Å². The molecule has 2 nitrogen and oxygen atoms in total. The molecule has 0 fully saturated rings. The lowest BCUT2D eigenvalue weighted by Crippen LogP contribution is -1.96. The SMILES string of the molecule is O=Cc1cc(OCc2ccccc2)ccc1-c1ccsc1. The monoisotopic (exact) mass is 294 g/mol. The van der Waals surface area contributed by atoms with Crippen LogP contribution in [0.4, 0.5) is 0 Å². The zero-order chi connectivity index (χ0) is 14.5. The molecule has 1 aromatic heterocycles. The average molecular weight is 294 g/mol. The molecule has 2 aromatic carbocycles. The van der Waals surface area contributed by atoms with Gasteiger partial charge in [-0.25, -0.2) is 0 Å². The summed E-state index contributed by atoms with van der Waals surface area (Å²) in [6.07, 6.45) is 0.877. The Balaban J connectivity index is 1.80. The van der Waals surface area contributed by atoms with Crippen molar-refractivity contribution in [3.63, 3.8) is 0 Å². The number of carbonyl (C=O) groups excluding carboxylic acids is 1. The summed E-state index contributed by atoms with van der Waals surface area (Å²) >= 11 is 1.62. The number of thiophene rings is 1. The molecule has 0 saturated carbocycles. The first-order valence-electron chi connectivity index (χ1n) is 6.65. The maximum Gasteiger partial charge on any atom is 0.150 e. The number of carbonyl (C=O) groups is 1. The molecule has 0 spiro atoms. The first-order chi connectivity index (χ1) is 10.4. The van der Waals surface area contributed by atoms with Crippen LogP contribution in [-0.2, 0) is 6.61 Å². The molecule has 0 radical (unpaired) electrons. The lowest BCUT2D eigenvalue weighted by atomic mass is 10.0. The van der Waals surface area contributed by atoms with Crippen LogP contribution in [0.3, 0.4) is 0 Å². The van der Waals surface area contributed by atoms with Gasteiger partial charge in [0, 0.05) is 5.56 Å². The van der Waals surface area contributed by atoms with Gasteiger partial charge in [0.2, 0.25) is 0 Å². The van der Waals surface area contributed by atoms with Crippen LogP contribution in [0.25, 0.3) is 11.1 Å². The van der Waals surface area contributed by atoms with Crippen molar-refractivity contribution in [1.29, 1.82) is 0 Å². The maximum absolute atomic E-state index is 11.3. The first kappa shape index (κ1) is 13.6. The maximum atomic E-state index is 11.3.